The molecule has 2 fully saturated rings. The number of fused-ring (bicyclic) bond motifs is 2. The van der Waals surface area contributed by atoms with Gasteiger partial charge in [0.2, 0.25) is 0 Å². The van der Waals surface area contributed by atoms with E-state index in [0.29, 0.717) is 30.1 Å². The number of aliphatic hydroxyl groups is 1. The molecule has 0 aromatic heterocycles. The van der Waals surface area contributed by atoms with Crippen molar-refractivity contribution in [2.75, 3.05) is 18.1 Å². The Hall–Kier alpha value is -1.00. The van der Waals surface area contributed by atoms with Gasteiger partial charge in [-0.3, -0.25) is 4.79 Å². The molecule has 118 valence electrons. The number of thioether (sulfide) groups is 1. The van der Waals surface area contributed by atoms with Crippen molar-refractivity contribution in [3.8, 4) is 0 Å². The van der Waals surface area contributed by atoms with E-state index < -0.39 is 5.60 Å². The fourth-order valence-electron chi connectivity index (χ4n) is 4.35. The number of benzene rings is 1. The minimum Gasteiger partial charge on any atom is -0.379 e. The zero-order valence-corrected chi connectivity index (χ0v) is 13.6. The number of carbonyl (C=O) groups is 1. The van der Waals surface area contributed by atoms with E-state index >= 15 is 0 Å². The molecule has 2 N–H and O–H groups in total. The molecule has 1 aromatic rings. The summed E-state index contributed by atoms with van der Waals surface area (Å²) in [5.74, 6) is 1.79. The van der Waals surface area contributed by atoms with Crippen LogP contribution in [-0.2, 0) is 16.6 Å². The van der Waals surface area contributed by atoms with Gasteiger partial charge in [0, 0.05) is 17.7 Å². The van der Waals surface area contributed by atoms with E-state index in [2.05, 4.69) is 29.6 Å². The summed E-state index contributed by atoms with van der Waals surface area (Å²) in [4.78, 5) is 12.2. The lowest BCUT2D eigenvalue weighted by Crippen LogP contribution is -2.47. The maximum absolute atomic E-state index is 12.2. The van der Waals surface area contributed by atoms with Crippen LogP contribution in [0.5, 0.6) is 0 Å². The Balaban J connectivity index is 1.42. The lowest BCUT2D eigenvalue weighted by molar-refractivity contribution is -0.137. The summed E-state index contributed by atoms with van der Waals surface area (Å²) >= 11 is 1.66. The maximum Gasteiger partial charge on any atom is 0.252 e. The third-order valence-corrected chi connectivity index (χ3v) is 6.96. The molecule has 3 unspecified atom stereocenters. The Labute approximate surface area is 135 Å². The van der Waals surface area contributed by atoms with Gasteiger partial charge in [0.25, 0.3) is 5.91 Å². The Morgan fingerprint density at radius 2 is 2.23 bits per heavy atom. The molecular formula is C18H23NO2S. The number of aryl methyl sites for hydroxylation is 1. The third-order valence-electron chi connectivity index (χ3n) is 5.79. The highest BCUT2D eigenvalue weighted by Crippen LogP contribution is 2.59. The van der Waals surface area contributed by atoms with Gasteiger partial charge in [-0.05, 0) is 54.9 Å². The summed E-state index contributed by atoms with van der Waals surface area (Å²) in [5.41, 5.74) is 2.18. The summed E-state index contributed by atoms with van der Waals surface area (Å²) in [6.45, 7) is 0.708. The number of amides is 1. The smallest absolute Gasteiger partial charge is 0.252 e. The Bertz CT molecular complexity index is 597. The lowest BCUT2D eigenvalue weighted by atomic mass is 9.78. The highest BCUT2D eigenvalue weighted by molar-refractivity contribution is 7.99. The molecule has 4 rings (SSSR count). The molecule has 0 radical (unpaired) electrons. The van der Waals surface area contributed by atoms with Gasteiger partial charge in [0.1, 0.15) is 0 Å². The molecule has 1 spiro atoms. The first-order valence-corrected chi connectivity index (χ1v) is 9.46. The maximum atomic E-state index is 12.2. The van der Waals surface area contributed by atoms with E-state index in [4.69, 9.17) is 0 Å². The van der Waals surface area contributed by atoms with Crippen LogP contribution in [0.15, 0.2) is 24.3 Å². The molecule has 1 saturated carbocycles. The van der Waals surface area contributed by atoms with E-state index in [9.17, 15) is 9.90 Å². The van der Waals surface area contributed by atoms with Gasteiger partial charge in [-0.2, -0.15) is 11.8 Å². The number of nitrogens with one attached hydrogen (secondary N) is 1. The molecule has 4 heteroatoms. The fourth-order valence-corrected chi connectivity index (χ4v) is 5.59. The SMILES string of the molecule is O=C(NCC1CC12CCCc1ccccc12)C1(O)CCSC1. The van der Waals surface area contributed by atoms with Gasteiger partial charge in [0.05, 0.1) is 0 Å². The summed E-state index contributed by atoms with van der Waals surface area (Å²) in [5, 5.41) is 13.3. The van der Waals surface area contributed by atoms with E-state index in [-0.39, 0.29) is 5.91 Å². The van der Waals surface area contributed by atoms with Crippen molar-refractivity contribution in [2.45, 2.75) is 43.1 Å². The van der Waals surface area contributed by atoms with Gasteiger partial charge in [0.15, 0.2) is 5.60 Å². The van der Waals surface area contributed by atoms with Crippen LogP contribution in [0.1, 0.15) is 36.8 Å². The zero-order valence-electron chi connectivity index (χ0n) is 12.8. The van der Waals surface area contributed by atoms with Crippen molar-refractivity contribution in [1.82, 2.24) is 5.32 Å². The highest BCUT2D eigenvalue weighted by atomic mass is 32.2. The predicted octanol–water partition coefficient (Wildman–Crippen LogP) is 2.26. The molecule has 0 bridgehead atoms. The molecule has 1 amide bonds. The summed E-state index contributed by atoms with van der Waals surface area (Å²) in [6.07, 6.45) is 5.44. The average Bonchev–Trinajstić information content (AvgIpc) is 3.02. The van der Waals surface area contributed by atoms with Crippen molar-refractivity contribution < 1.29 is 9.90 Å². The van der Waals surface area contributed by atoms with E-state index in [1.165, 1.54) is 36.8 Å². The average molecular weight is 317 g/mol. The zero-order chi connectivity index (χ0) is 15.2. The topological polar surface area (TPSA) is 49.3 Å². The van der Waals surface area contributed by atoms with Crippen molar-refractivity contribution in [1.29, 1.82) is 0 Å². The largest absolute Gasteiger partial charge is 0.379 e. The van der Waals surface area contributed by atoms with Crippen LogP contribution in [0, 0.1) is 5.92 Å². The molecule has 3 atom stereocenters. The van der Waals surface area contributed by atoms with Crippen molar-refractivity contribution in [2.24, 2.45) is 5.92 Å². The fraction of sp³-hybridized carbons (Fsp3) is 0.611. The van der Waals surface area contributed by atoms with Crippen molar-refractivity contribution in [3.05, 3.63) is 35.4 Å². The number of hydrogen-bond acceptors (Lipinski definition) is 3. The molecule has 1 aliphatic heterocycles. The van der Waals surface area contributed by atoms with Crippen molar-refractivity contribution in [3.63, 3.8) is 0 Å². The van der Waals surface area contributed by atoms with Gasteiger partial charge in [-0.15, -0.1) is 0 Å². The molecule has 1 saturated heterocycles. The van der Waals surface area contributed by atoms with Crippen LogP contribution in [0.25, 0.3) is 0 Å². The Morgan fingerprint density at radius 1 is 1.36 bits per heavy atom. The van der Waals surface area contributed by atoms with E-state index in [1.54, 1.807) is 11.8 Å². The normalized spacial score (nSPS) is 36.1. The lowest BCUT2D eigenvalue weighted by Gasteiger charge is -2.27. The van der Waals surface area contributed by atoms with Crippen LogP contribution < -0.4 is 5.32 Å². The van der Waals surface area contributed by atoms with Gasteiger partial charge in [-0.25, -0.2) is 0 Å². The first-order chi connectivity index (χ1) is 10.6. The minimum absolute atomic E-state index is 0.163. The van der Waals surface area contributed by atoms with Gasteiger partial charge >= 0.3 is 0 Å². The predicted molar refractivity (Wildman–Crippen MR) is 89.1 cm³/mol. The second-order valence-electron chi connectivity index (χ2n) is 7.11. The number of carbonyl (C=O) groups excluding carboxylic acids is 1. The van der Waals surface area contributed by atoms with Crippen LogP contribution in [0.3, 0.4) is 0 Å². The summed E-state index contributed by atoms with van der Waals surface area (Å²) < 4.78 is 0. The molecule has 3 aliphatic rings. The highest BCUT2D eigenvalue weighted by Gasteiger charge is 2.56. The second-order valence-corrected chi connectivity index (χ2v) is 8.22. The van der Waals surface area contributed by atoms with Gasteiger partial charge in [-0.1, -0.05) is 24.3 Å². The summed E-state index contributed by atoms with van der Waals surface area (Å²) in [6, 6.07) is 8.79. The Morgan fingerprint density at radius 3 is 3.05 bits per heavy atom. The molecule has 3 nitrogen and oxygen atoms in total. The first kappa shape index (κ1) is 14.6. The van der Waals surface area contributed by atoms with Crippen LogP contribution >= 0.6 is 11.8 Å². The van der Waals surface area contributed by atoms with Crippen LogP contribution in [0.4, 0.5) is 0 Å². The molecule has 2 aliphatic carbocycles. The quantitative estimate of drug-likeness (QED) is 0.899. The molecule has 1 heterocycles. The second kappa shape index (κ2) is 5.27. The van der Waals surface area contributed by atoms with E-state index in [0.717, 1.165) is 5.75 Å². The van der Waals surface area contributed by atoms with Crippen LogP contribution in [-0.4, -0.2) is 34.7 Å². The van der Waals surface area contributed by atoms with E-state index in [1.807, 2.05) is 0 Å². The molecule has 1 aromatic carbocycles. The van der Waals surface area contributed by atoms with Crippen molar-refractivity contribution >= 4 is 17.7 Å². The third kappa shape index (κ3) is 2.28. The molecule has 22 heavy (non-hydrogen) atoms. The minimum atomic E-state index is -1.13. The number of rotatable bonds is 3. The summed E-state index contributed by atoms with van der Waals surface area (Å²) in [7, 11) is 0. The number of hydrogen-bond donors (Lipinski definition) is 2. The standard InChI is InChI=1S/C18H23NO2S/c20-16(18(21)8-9-22-12-18)19-11-14-10-17(14)7-3-5-13-4-1-2-6-15(13)17/h1-2,4,6,14,21H,3,5,7-12H2,(H,19,20). The monoisotopic (exact) mass is 317 g/mol. The van der Waals surface area contributed by atoms with Gasteiger partial charge < -0.3 is 10.4 Å². The molecular weight excluding hydrogens is 294 g/mol. The first-order valence-electron chi connectivity index (χ1n) is 8.31. The van der Waals surface area contributed by atoms with Crippen LogP contribution in [0.2, 0.25) is 0 Å². The Kier molecular flexibility index (Phi) is 3.50.